The topological polar surface area (TPSA) is 191 Å². The predicted octanol–water partition coefficient (Wildman–Crippen LogP) is 1.87. The van der Waals surface area contributed by atoms with Crippen LogP contribution in [0.5, 0.6) is 0 Å². The Kier molecular flexibility index (Phi) is 7.87. The number of halogens is 3. The Morgan fingerprint density at radius 2 is 1.84 bits per heavy atom. The third-order valence-corrected chi connectivity index (χ3v) is 6.56. The highest BCUT2D eigenvalue weighted by atomic mass is 19.4. The lowest BCUT2D eigenvalue weighted by Gasteiger charge is -2.28. The van der Waals surface area contributed by atoms with E-state index in [1.54, 1.807) is 24.3 Å². The Morgan fingerprint density at radius 1 is 1.07 bits per heavy atom. The lowest BCUT2D eigenvalue weighted by Crippen LogP contribution is -2.54. The number of benzene rings is 2. The second kappa shape index (κ2) is 11.7. The standard InChI is InChI=1S/C26H22F3N9O5/c27-26(28,29)14-4-2-6-16(10-14)31-21(40)11-17(32-25-34-36-37-35-25)13-3-1-5-15(9-13)30-18-12-22(41)38(24(18)43)19-7-8-20(39)33-23(19)42/h1-6,9-10,12,17,19,30H,7-8,11H2,(H,31,40)(H,33,39,42)(H2,32,34,35,36,37). The maximum absolute atomic E-state index is 13.1. The van der Waals surface area contributed by atoms with Crippen LogP contribution in [0.3, 0.4) is 0 Å². The summed E-state index contributed by atoms with van der Waals surface area (Å²) in [7, 11) is 0. The second-order valence-corrected chi connectivity index (χ2v) is 9.55. The van der Waals surface area contributed by atoms with Crippen LogP contribution >= 0.6 is 0 Å². The number of alkyl halides is 3. The molecule has 222 valence electrons. The van der Waals surface area contributed by atoms with Crippen molar-refractivity contribution in [2.75, 3.05) is 16.0 Å². The van der Waals surface area contributed by atoms with E-state index in [1.807, 2.05) is 0 Å². The van der Waals surface area contributed by atoms with Crippen LogP contribution in [0.1, 0.15) is 36.4 Å². The maximum atomic E-state index is 13.1. The van der Waals surface area contributed by atoms with Gasteiger partial charge < -0.3 is 16.0 Å². The van der Waals surface area contributed by atoms with Gasteiger partial charge in [0.1, 0.15) is 11.7 Å². The summed E-state index contributed by atoms with van der Waals surface area (Å²) < 4.78 is 39.3. The van der Waals surface area contributed by atoms with E-state index in [1.165, 1.54) is 12.1 Å². The van der Waals surface area contributed by atoms with Crippen LogP contribution < -0.4 is 21.3 Å². The largest absolute Gasteiger partial charge is 0.416 e. The van der Waals surface area contributed by atoms with Gasteiger partial charge in [-0.2, -0.15) is 18.4 Å². The number of tetrazole rings is 1. The molecule has 17 heteroatoms. The number of nitrogens with one attached hydrogen (secondary N) is 5. The van der Waals surface area contributed by atoms with Crippen molar-refractivity contribution in [1.82, 2.24) is 30.8 Å². The van der Waals surface area contributed by atoms with Crippen molar-refractivity contribution >= 4 is 46.9 Å². The Labute approximate surface area is 240 Å². The van der Waals surface area contributed by atoms with E-state index < -0.39 is 53.4 Å². The molecule has 5 rings (SSSR count). The van der Waals surface area contributed by atoms with Gasteiger partial charge in [0.25, 0.3) is 17.8 Å². The quantitative estimate of drug-likeness (QED) is 0.228. The van der Waals surface area contributed by atoms with Gasteiger partial charge in [-0.3, -0.25) is 34.2 Å². The number of aromatic amines is 1. The minimum Gasteiger partial charge on any atom is -0.351 e. The fraction of sp³-hybridized carbons (Fsp3) is 0.231. The smallest absolute Gasteiger partial charge is 0.351 e. The first-order valence-corrected chi connectivity index (χ1v) is 12.7. The van der Waals surface area contributed by atoms with Crippen molar-refractivity contribution in [3.8, 4) is 0 Å². The number of carbonyl (C=O) groups excluding carboxylic acids is 5. The van der Waals surface area contributed by atoms with Gasteiger partial charge in [-0.15, -0.1) is 5.10 Å². The monoisotopic (exact) mass is 597 g/mol. The van der Waals surface area contributed by atoms with Gasteiger partial charge in [-0.05, 0) is 47.5 Å². The Morgan fingerprint density at radius 3 is 2.56 bits per heavy atom. The molecule has 2 aliphatic rings. The van der Waals surface area contributed by atoms with E-state index in [0.29, 0.717) is 11.3 Å². The molecule has 1 aromatic heterocycles. The molecule has 2 aliphatic heterocycles. The van der Waals surface area contributed by atoms with Crippen molar-refractivity contribution in [2.45, 2.75) is 37.5 Å². The number of H-pyrrole nitrogens is 1. The summed E-state index contributed by atoms with van der Waals surface area (Å²) in [5.74, 6) is -3.30. The third kappa shape index (κ3) is 6.66. The number of anilines is 3. The van der Waals surface area contributed by atoms with E-state index in [0.717, 1.165) is 23.1 Å². The number of hydrogen-bond acceptors (Lipinski definition) is 10. The van der Waals surface area contributed by atoms with Gasteiger partial charge in [0.2, 0.25) is 17.7 Å². The molecule has 5 N–H and O–H groups in total. The number of aromatic nitrogens is 4. The molecule has 2 unspecified atom stereocenters. The summed E-state index contributed by atoms with van der Waals surface area (Å²) in [4.78, 5) is 63.0. The van der Waals surface area contributed by atoms with Gasteiger partial charge in [-0.1, -0.05) is 23.3 Å². The Balaban J connectivity index is 1.32. The number of rotatable bonds is 9. The molecule has 14 nitrogen and oxygen atoms in total. The SMILES string of the molecule is O=C1CCC(N2C(=O)C=C(Nc3cccc(C(CC(=O)Nc4cccc(C(F)(F)F)c4)Nc4nn[nH]n4)c3)C2=O)C(=O)N1. The number of carbonyl (C=O) groups is 5. The van der Waals surface area contributed by atoms with Crippen molar-refractivity contribution in [3.63, 3.8) is 0 Å². The molecule has 0 saturated carbocycles. The molecular weight excluding hydrogens is 575 g/mol. The minimum atomic E-state index is -4.59. The average Bonchev–Trinajstić information content (AvgIpc) is 3.56. The van der Waals surface area contributed by atoms with Crippen molar-refractivity contribution in [3.05, 3.63) is 71.4 Å². The lowest BCUT2D eigenvalue weighted by molar-refractivity contribution is -0.149. The third-order valence-electron chi connectivity index (χ3n) is 6.56. The summed E-state index contributed by atoms with van der Waals surface area (Å²) in [6.07, 6.45) is -3.84. The Hall–Kier alpha value is -5.61. The fourth-order valence-electron chi connectivity index (χ4n) is 4.59. The average molecular weight is 598 g/mol. The first kappa shape index (κ1) is 28.9. The molecule has 0 radical (unpaired) electrons. The molecule has 5 amide bonds. The van der Waals surface area contributed by atoms with E-state index in [2.05, 4.69) is 41.9 Å². The summed E-state index contributed by atoms with van der Waals surface area (Å²) in [6.45, 7) is 0. The van der Waals surface area contributed by atoms with E-state index in [9.17, 15) is 37.1 Å². The normalized spacial score (nSPS) is 17.8. The molecule has 3 aromatic rings. The number of piperidine rings is 1. The lowest BCUT2D eigenvalue weighted by atomic mass is 10.0. The van der Waals surface area contributed by atoms with Crippen molar-refractivity contribution in [2.24, 2.45) is 0 Å². The molecule has 0 spiro atoms. The molecule has 2 aromatic carbocycles. The number of imide groups is 2. The molecule has 1 fully saturated rings. The highest BCUT2D eigenvalue weighted by Gasteiger charge is 2.42. The van der Waals surface area contributed by atoms with Gasteiger partial charge in [0.15, 0.2) is 0 Å². The van der Waals surface area contributed by atoms with Gasteiger partial charge in [-0.25, -0.2) is 0 Å². The highest BCUT2D eigenvalue weighted by Crippen LogP contribution is 2.31. The highest BCUT2D eigenvalue weighted by molar-refractivity contribution is 6.20. The zero-order valence-electron chi connectivity index (χ0n) is 21.9. The minimum absolute atomic E-state index is 0.00471. The summed E-state index contributed by atoms with van der Waals surface area (Å²) >= 11 is 0. The van der Waals surface area contributed by atoms with Crippen LogP contribution in [0.2, 0.25) is 0 Å². The summed E-state index contributed by atoms with van der Waals surface area (Å²) in [5.41, 5.74) is -0.264. The van der Waals surface area contributed by atoms with Crippen LogP contribution in [0.15, 0.2) is 60.3 Å². The molecule has 0 bridgehead atoms. The second-order valence-electron chi connectivity index (χ2n) is 9.55. The summed E-state index contributed by atoms with van der Waals surface area (Å²) in [6, 6.07) is 8.66. The van der Waals surface area contributed by atoms with Crippen molar-refractivity contribution < 1.29 is 37.1 Å². The van der Waals surface area contributed by atoms with Gasteiger partial charge in [0, 0.05) is 23.9 Å². The number of amides is 5. The summed E-state index contributed by atoms with van der Waals surface area (Å²) in [5, 5.41) is 23.7. The number of hydrogen-bond donors (Lipinski definition) is 5. The first-order chi connectivity index (χ1) is 20.5. The van der Waals surface area contributed by atoms with Crippen LogP contribution in [0.4, 0.5) is 30.5 Å². The fourth-order valence-corrected chi connectivity index (χ4v) is 4.59. The zero-order valence-corrected chi connectivity index (χ0v) is 21.9. The number of nitrogens with zero attached hydrogens (tertiary/aromatic N) is 4. The van der Waals surface area contributed by atoms with Crippen LogP contribution in [-0.2, 0) is 30.1 Å². The van der Waals surface area contributed by atoms with E-state index >= 15 is 0 Å². The van der Waals surface area contributed by atoms with Crippen LogP contribution in [0.25, 0.3) is 0 Å². The molecule has 3 heterocycles. The van der Waals surface area contributed by atoms with Gasteiger partial charge >= 0.3 is 6.18 Å². The van der Waals surface area contributed by atoms with Crippen LogP contribution in [0, 0.1) is 0 Å². The van der Waals surface area contributed by atoms with E-state index in [-0.39, 0.29) is 36.6 Å². The molecule has 1 saturated heterocycles. The van der Waals surface area contributed by atoms with Gasteiger partial charge in [0.05, 0.1) is 18.0 Å². The maximum Gasteiger partial charge on any atom is 0.416 e. The molecule has 0 aliphatic carbocycles. The van der Waals surface area contributed by atoms with E-state index in [4.69, 9.17) is 0 Å². The first-order valence-electron chi connectivity index (χ1n) is 12.7. The molecule has 2 atom stereocenters. The Bertz CT molecular complexity index is 1620. The van der Waals surface area contributed by atoms with Crippen LogP contribution in [-0.4, -0.2) is 61.1 Å². The van der Waals surface area contributed by atoms with Crippen molar-refractivity contribution in [1.29, 1.82) is 0 Å². The zero-order chi connectivity index (χ0) is 30.7. The molecular formula is C26H22F3N9O5. The predicted molar refractivity (Wildman–Crippen MR) is 141 cm³/mol. The molecule has 43 heavy (non-hydrogen) atoms.